The first-order valence-electron chi connectivity index (χ1n) is 8.72. The third kappa shape index (κ3) is 4.19. The van der Waals surface area contributed by atoms with E-state index in [-0.39, 0.29) is 5.82 Å². The zero-order chi connectivity index (χ0) is 16.9. The van der Waals surface area contributed by atoms with Crippen LogP contribution in [0, 0.1) is 23.6 Å². The predicted octanol–water partition coefficient (Wildman–Crippen LogP) is 6.56. The van der Waals surface area contributed by atoms with E-state index in [9.17, 15) is 4.39 Å². The van der Waals surface area contributed by atoms with Crippen molar-refractivity contribution in [2.75, 3.05) is 0 Å². The molecule has 0 atom stereocenters. The monoisotopic (exact) mass is 340 g/mol. The summed E-state index contributed by atoms with van der Waals surface area (Å²) in [5, 5.41) is 0.389. The maximum absolute atomic E-state index is 13.7. The summed E-state index contributed by atoms with van der Waals surface area (Å²) in [7, 11) is 0. The molecule has 0 amide bonds. The Hall–Kier alpha value is -1.78. The highest BCUT2D eigenvalue weighted by molar-refractivity contribution is 6.30. The Bertz CT molecular complexity index is 744. The van der Waals surface area contributed by atoms with Gasteiger partial charge in [-0.2, -0.15) is 0 Å². The number of hydrogen-bond donors (Lipinski definition) is 0. The van der Waals surface area contributed by atoms with E-state index in [1.807, 2.05) is 12.1 Å². The molecular weight excluding hydrogens is 319 g/mol. The van der Waals surface area contributed by atoms with E-state index in [2.05, 4.69) is 30.9 Å². The molecule has 2 heteroatoms. The summed E-state index contributed by atoms with van der Waals surface area (Å²) >= 11 is 5.76. The van der Waals surface area contributed by atoms with Gasteiger partial charge in [-0.1, -0.05) is 48.9 Å². The molecule has 0 aromatic heterocycles. The van der Waals surface area contributed by atoms with Gasteiger partial charge in [0.2, 0.25) is 0 Å². The van der Waals surface area contributed by atoms with Gasteiger partial charge in [-0.25, -0.2) is 4.39 Å². The predicted molar refractivity (Wildman–Crippen MR) is 98.8 cm³/mol. The molecule has 0 aliphatic heterocycles. The lowest BCUT2D eigenvalue weighted by Crippen LogP contribution is -2.12. The minimum Gasteiger partial charge on any atom is -0.206 e. The van der Waals surface area contributed by atoms with Crippen molar-refractivity contribution in [2.24, 2.45) is 5.92 Å². The van der Waals surface area contributed by atoms with E-state index in [1.54, 1.807) is 12.1 Å². The molecule has 3 rings (SSSR count). The summed E-state index contributed by atoms with van der Waals surface area (Å²) in [5.74, 6) is 7.15. The molecule has 0 radical (unpaired) electrons. The average Bonchev–Trinajstić information content (AvgIpc) is 2.62. The maximum atomic E-state index is 13.7. The minimum atomic E-state index is -0.376. The number of rotatable bonds is 2. The molecule has 24 heavy (non-hydrogen) atoms. The van der Waals surface area contributed by atoms with Crippen molar-refractivity contribution in [1.29, 1.82) is 0 Å². The van der Waals surface area contributed by atoms with Crippen LogP contribution in [0.2, 0.25) is 5.02 Å². The molecule has 2 aromatic carbocycles. The molecule has 1 saturated carbocycles. The first-order chi connectivity index (χ1) is 11.7. The van der Waals surface area contributed by atoms with E-state index < -0.39 is 0 Å². The summed E-state index contributed by atoms with van der Waals surface area (Å²) in [4.78, 5) is 0. The standard InChI is InChI=1S/C22H22ClF/c1-2-16-3-8-18(9-4-16)19-10-5-17(6-11-19)7-12-20-13-14-21(23)15-22(20)24/h5-6,10-11,13-16,18H,2-4,8-9H2,1H3. The Morgan fingerprint density at radius 2 is 1.71 bits per heavy atom. The largest absolute Gasteiger partial charge is 0.206 e. The second kappa shape index (κ2) is 7.86. The second-order valence-corrected chi connectivity index (χ2v) is 7.06. The van der Waals surface area contributed by atoms with Gasteiger partial charge in [-0.3, -0.25) is 0 Å². The van der Waals surface area contributed by atoms with Gasteiger partial charge in [0.25, 0.3) is 0 Å². The topological polar surface area (TPSA) is 0 Å². The SMILES string of the molecule is CCC1CCC(c2ccc(C#Cc3ccc(Cl)cc3F)cc2)CC1. The lowest BCUT2D eigenvalue weighted by atomic mass is 9.78. The van der Waals surface area contributed by atoms with Crippen LogP contribution in [0.15, 0.2) is 42.5 Å². The van der Waals surface area contributed by atoms with Crippen molar-refractivity contribution in [2.45, 2.75) is 44.9 Å². The summed E-state index contributed by atoms with van der Waals surface area (Å²) in [6.45, 7) is 2.29. The molecule has 0 nitrogen and oxygen atoms in total. The maximum Gasteiger partial charge on any atom is 0.140 e. The van der Waals surface area contributed by atoms with Gasteiger partial charge >= 0.3 is 0 Å². The van der Waals surface area contributed by atoms with Crippen molar-refractivity contribution in [3.63, 3.8) is 0 Å². The molecule has 2 aromatic rings. The van der Waals surface area contributed by atoms with Gasteiger partial charge in [-0.05, 0) is 73.4 Å². The lowest BCUT2D eigenvalue weighted by molar-refractivity contribution is 0.319. The molecule has 1 aliphatic carbocycles. The van der Waals surface area contributed by atoms with E-state index in [4.69, 9.17) is 11.6 Å². The molecule has 1 aliphatic rings. The van der Waals surface area contributed by atoms with Gasteiger partial charge in [-0.15, -0.1) is 0 Å². The van der Waals surface area contributed by atoms with Crippen LogP contribution in [-0.4, -0.2) is 0 Å². The van der Waals surface area contributed by atoms with Crippen LogP contribution < -0.4 is 0 Å². The van der Waals surface area contributed by atoms with Crippen molar-refractivity contribution >= 4 is 11.6 Å². The smallest absolute Gasteiger partial charge is 0.140 e. The van der Waals surface area contributed by atoms with E-state index >= 15 is 0 Å². The van der Waals surface area contributed by atoms with Crippen LogP contribution >= 0.6 is 11.6 Å². The normalized spacial score (nSPS) is 20.3. The number of halogens is 2. The average molecular weight is 341 g/mol. The summed E-state index contributed by atoms with van der Waals surface area (Å²) in [6, 6.07) is 13.0. The molecule has 0 heterocycles. The highest BCUT2D eigenvalue weighted by Crippen LogP contribution is 2.36. The molecule has 1 fully saturated rings. The Labute approximate surface area is 149 Å². The van der Waals surface area contributed by atoms with E-state index in [0.717, 1.165) is 11.5 Å². The molecule has 0 unspecified atom stereocenters. The summed E-state index contributed by atoms with van der Waals surface area (Å²) in [6.07, 6.45) is 6.58. The fourth-order valence-electron chi connectivity index (χ4n) is 3.47. The second-order valence-electron chi connectivity index (χ2n) is 6.62. The highest BCUT2D eigenvalue weighted by Gasteiger charge is 2.20. The molecule has 0 N–H and O–H groups in total. The fourth-order valence-corrected chi connectivity index (χ4v) is 3.63. The van der Waals surface area contributed by atoms with Gasteiger partial charge in [0.1, 0.15) is 5.82 Å². The Kier molecular flexibility index (Phi) is 5.59. The Balaban J connectivity index is 1.68. The third-order valence-corrected chi connectivity index (χ3v) is 5.31. The van der Waals surface area contributed by atoms with Crippen LogP contribution in [0.25, 0.3) is 0 Å². The molecule has 124 valence electrons. The van der Waals surface area contributed by atoms with Gasteiger partial charge in [0, 0.05) is 10.6 Å². The molecule has 0 saturated heterocycles. The third-order valence-electron chi connectivity index (χ3n) is 5.08. The van der Waals surface area contributed by atoms with Crippen molar-refractivity contribution in [3.05, 3.63) is 70.0 Å². The minimum absolute atomic E-state index is 0.376. The van der Waals surface area contributed by atoms with Gasteiger partial charge in [0.15, 0.2) is 0 Å². The molecular formula is C22H22ClF. The highest BCUT2D eigenvalue weighted by atomic mass is 35.5. The molecule has 0 spiro atoms. The van der Waals surface area contributed by atoms with E-state index in [0.29, 0.717) is 16.5 Å². The van der Waals surface area contributed by atoms with Crippen molar-refractivity contribution < 1.29 is 4.39 Å². The van der Waals surface area contributed by atoms with Crippen LogP contribution in [0.3, 0.4) is 0 Å². The number of benzene rings is 2. The van der Waals surface area contributed by atoms with Crippen LogP contribution in [-0.2, 0) is 0 Å². The lowest BCUT2D eigenvalue weighted by Gasteiger charge is -2.28. The first kappa shape index (κ1) is 17.1. The fraction of sp³-hybridized carbons (Fsp3) is 0.364. The first-order valence-corrected chi connectivity index (χ1v) is 9.10. The number of hydrogen-bond acceptors (Lipinski definition) is 0. The Morgan fingerprint density at radius 3 is 2.33 bits per heavy atom. The van der Waals surface area contributed by atoms with Gasteiger partial charge < -0.3 is 0 Å². The zero-order valence-corrected chi connectivity index (χ0v) is 14.7. The van der Waals surface area contributed by atoms with Gasteiger partial charge in [0.05, 0.1) is 5.56 Å². The zero-order valence-electron chi connectivity index (χ0n) is 14.0. The van der Waals surface area contributed by atoms with Crippen LogP contribution in [0.4, 0.5) is 4.39 Å². The summed E-state index contributed by atoms with van der Waals surface area (Å²) in [5.41, 5.74) is 2.70. The van der Waals surface area contributed by atoms with Crippen molar-refractivity contribution in [3.8, 4) is 11.8 Å². The Morgan fingerprint density at radius 1 is 1.00 bits per heavy atom. The summed E-state index contributed by atoms with van der Waals surface area (Å²) < 4.78 is 13.7. The molecule has 0 bridgehead atoms. The van der Waals surface area contributed by atoms with Crippen LogP contribution in [0.1, 0.15) is 61.6 Å². The van der Waals surface area contributed by atoms with Crippen LogP contribution in [0.5, 0.6) is 0 Å². The van der Waals surface area contributed by atoms with Crippen molar-refractivity contribution in [1.82, 2.24) is 0 Å². The quantitative estimate of drug-likeness (QED) is 0.543. The van der Waals surface area contributed by atoms with E-state index in [1.165, 1.54) is 43.7 Å².